The zero-order valence-corrected chi connectivity index (χ0v) is 11.2. The third kappa shape index (κ3) is 2.26. The van der Waals surface area contributed by atoms with Gasteiger partial charge in [-0.3, -0.25) is 4.98 Å². The van der Waals surface area contributed by atoms with E-state index in [0.29, 0.717) is 22.1 Å². The fraction of sp³-hybridized carbons (Fsp3) is 0. The van der Waals surface area contributed by atoms with Crippen LogP contribution in [-0.2, 0) is 0 Å². The molecule has 5 heteroatoms. The lowest BCUT2D eigenvalue weighted by atomic mass is 10.1. The quantitative estimate of drug-likeness (QED) is 0.736. The Hall–Kier alpha value is -2.33. The minimum Gasteiger partial charge on any atom is -0.396 e. The number of halogens is 2. The summed E-state index contributed by atoms with van der Waals surface area (Å²) >= 11 is 5.74. The second-order valence-corrected chi connectivity index (χ2v) is 4.79. The van der Waals surface area contributed by atoms with Crippen molar-refractivity contribution in [3.05, 3.63) is 59.5 Å². The number of fused-ring (bicyclic) bond motifs is 1. The van der Waals surface area contributed by atoms with Crippen LogP contribution in [0.4, 0.5) is 21.5 Å². The number of nitrogens with one attached hydrogen (secondary N) is 1. The Labute approximate surface area is 120 Å². The van der Waals surface area contributed by atoms with Gasteiger partial charge in [-0.2, -0.15) is 0 Å². The summed E-state index contributed by atoms with van der Waals surface area (Å²) in [5.74, 6) is -0.433. The molecule has 3 rings (SSSR count). The van der Waals surface area contributed by atoms with Crippen LogP contribution in [0.25, 0.3) is 10.9 Å². The lowest BCUT2D eigenvalue weighted by Crippen LogP contribution is -2.00. The Morgan fingerprint density at radius 3 is 2.75 bits per heavy atom. The molecule has 0 amide bonds. The van der Waals surface area contributed by atoms with E-state index in [2.05, 4.69) is 10.3 Å². The van der Waals surface area contributed by atoms with Crippen LogP contribution in [0.3, 0.4) is 0 Å². The molecule has 0 atom stereocenters. The van der Waals surface area contributed by atoms with Crippen molar-refractivity contribution in [3.63, 3.8) is 0 Å². The van der Waals surface area contributed by atoms with Crippen molar-refractivity contribution in [2.75, 3.05) is 11.1 Å². The van der Waals surface area contributed by atoms with Crippen LogP contribution < -0.4 is 11.1 Å². The predicted molar refractivity (Wildman–Crippen MR) is 80.8 cm³/mol. The molecule has 2 aromatic carbocycles. The van der Waals surface area contributed by atoms with Crippen LogP contribution >= 0.6 is 11.6 Å². The Morgan fingerprint density at radius 2 is 1.95 bits per heavy atom. The highest BCUT2D eigenvalue weighted by atomic mass is 35.5. The van der Waals surface area contributed by atoms with Crippen molar-refractivity contribution in [2.45, 2.75) is 0 Å². The summed E-state index contributed by atoms with van der Waals surface area (Å²) < 4.78 is 13.9. The molecule has 0 radical (unpaired) electrons. The predicted octanol–water partition coefficient (Wildman–Crippen LogP) is 4.35. The van der Waals surface area contributed by atoms with E-state index in [-0.39, 0.29) is 0 Å². The summed E-state index contributed by atoms with van der Waals surface area (Å²) in [5, 5.41) is 4.19. The zero-order chi connectivity index (χ0) is 14.1. The normalized spacial score (nSPS) is 10.7. The van der Waals surface area contributed by atoms with Crippen molar-refractivity contribution in [1.29, 1.82) is 0 Å². The summed E-state index contributed by atoms with van der Waals surface area (Å²) in [5.41, 5.74) is 8.14. The highest BCUT2D eigenvalue weighted by molar-refractivity contribution is 6.30. The number of hydrogen-bond donors (Lipinski definition) is 2. The molecule has 0 aliphatic rings. The lowest BCUT2D eigenvalue weighted by molar-refractivity contribution is 0.632. The van der Waals surface area contributed by atoms with E-state index in [0.717, 1.165) is 10.9 Å². The van der Waals surface area contributed by atoms with Gasteiger partial charge in [-0.15, -0.1) is 0 Å². The molecule has 1 aromatic heterocycles. The Bertz CT molecular complexity index is 789. The van der Waals surface area contributed by atoms with Gasteiger partial charge in [-0.25, -0.2) is 4.39 Å². The van der Waals surface area contributed by atoms with Crippen LogP contribution in [0.2, 0.25) is 5.02 Å². The topological polar surface area (TPSA) is 50.9 Å². The van der Waals surface area contributed by atoms with Crippen LogP contribution in [-0.4, -0.2) is 4.98 Å². The van der Waals surface area contributed by atoms with Crippen molar-refractivity contribution in [3.8, 4) is 0 Å². The van der Waals surface area contributed by atoms with Crippen molar-refractivity contribution in [1.82, 2.24) is 4.98 Å². The summed E-state index contributed by atoms with van der Waals surface area (Å²) in [6.45, 7) is 0. The van der Waals surface area contributed by atoms with Crippen molar-refractivity contribution in [2.24, 2.45) is 0 Å². The van der Waals surface area contributed by atoms with Gasteiger partial charge < -0.3 is 11.1 Å². The van der Waals surface area contributed by atoms with E-state index in [4.69, 9.17) is 17.3 Å². The third-order valence-corrected chi connectivity index (χ3v) is 3.23. The number of anilines is 3. The van der Waals surface area contributed by atoms with E-state index in [1.54, 1.807) is 18.3 Å². The first kappa shape index (κ1) is 12.7. The van der Waals surface area contributed by atoms with E-state index in [9.17, 15) is 4.39 Å². The number of para-hydroxylation sites is 1. The molecule has 0 bridgehead atoms. The average Bonchev–Trinajstić information content (AvgIpc) is 2.44. The van der Waals surface area contributed by atoms with Crippen LogP contribution in [0.1, 0.15) is 0 Å². The van der Waals surface area contributed by atoms with E-state index < -0.39 is 5.82 Å². The molecule has 0 fully saturated rings. The summed E-state index contributed by atoms with van der Waals surface area (Å²) in [4.78, 5) is 4.24. The number of benzene rings is 2. The van der Waals surface area contributed by atoms with Crippen LogP contribution in [0.15, 0.2) is 48.7 Å². The molecule has 3 aromatic rings. The molecule has 0 spiro atoms. The molecule has 100 valence electrons. The average molecular weight is 288 g/mol. The molecule has 0 unspecified atom stereocenters. The maximum Gasteiger partial charge on any atom is 0.148 e. The molecule has 0 saturated carbocycles. The summed E-state index contributed by atoms with van der Waals surface area (Å²) in [6.07, 6.45) is 1.55. The number of hydrogen-bond acceptors (Lipinski definition) is 3. The van der Waals surface area contributed by atoms with Crippen LogP contribution in [0.5, 0.6) is 0 Å². The Balaban J connectivity index is 2.12. The summed E-state index contributed by atoms with van der Waals surface area (Å²) in [6, 6.07) is 12.0. The second kappa shape index (κ2) is 4.98. The Morgan fingerprint density at radius 1 is 1.15 bits per heavy atom. The first-order chi connectivity index (χ1) is 9.65. The molecule has 0 saturated heterocycles. The highest BCUT2D eigenvalue weighted by Gasteiger charge is 2.09. The first-order valence-corrected chi connectivity index (χ1v) is 6.38. The van der Waals surface area contributed by atoms with E-state index in [1.807, 2.05) is 24.3 Å². The molecular formula is C15H11ClFN3. The maximum absolute atomic E-state index is 13.9. The minimum absolute atomic E-state index is 0.317. The molecule has 1 heterocycles. The third-order valence-electron chi connectivity index (χ3n) is 3.00. The van der Waals surface area contributed by atoms with Gasteiger partial charge in [0.05, 0.1) is 28.8 Å². The van der Waals surface area contributed by atoms with Gasteiger partial charge in [-0.05, 0) is 24.3 Å². The van der Waals surface area contributed by atoms with E-state index in [1.165, 1.54) is 6.07 Å². The smallest absolute Gasteiger partial charge is 0.148 e. The fourth-order valence-electron chi connectivity index (χ4n) is 2.02. The molecule has 3 nitrogen and oxygen atoms in total. The van der Waals surface area contributed by atoms with Gasteiger partial charge in [0, 0.05) is 10.4 Å². The van der Waals surface area contributed by atoms with Gasteiger partial charge in [0.15, 0.2) is 0 Å². The zero-order valence-electron chi connectivity index (χ0n) is 10.4. The van der Waals surface area contributed by atoms with Gasteiger partial charge in [0.1, 0.15) is 5.82 Å². The first-order valence-electron chi connectivity index (χ1n) is 6.00. The molecule has 0 aliphatic carbocycles. The number of pyridine rings is 1. The lowest BCUT2D eigenvalue weighted by Gasteiger charge is -2.13. The Kier molecular flexibility index (Phi) is 3.16. The largest absolute Gasteiger partial charge is 0.396 e. The highest BCUT2D eigenvalue weighted by Crippen LogP contribution is 2.32. The minimum atomic E-state index is -0.433. The van der Waals surface area contributed by atoms with Gasteiger partial charge in [-0.1, -0.05) is 29.8 Å². The number of nitrogens with two attached hydrogens (primary N) is 1. The molecular weight excluding hydrogens is 277 g/mol. The number of nitrogen functional groups attached to an aromatic ring is 1. The number of rotatable bonds is 2. The van der Waals surface area contributed by atoms with Gasteiger partial charge >= 0.3 is 0 Å². The maximum atomic E-state index is 13.9. The van der Waals surface area contributed by atoms with Crippen molar-refractivity contribution >= 4 is 39.6 Å². The fourth-order valence-corrected chi connectivity index (χ4v) is 2.18. The number of aromatic nitrogens is 1. The standard InChI is InChI=1S/C15H11ClFN3/c16-9-5-6-14(11(17)7-9)20-15-10-3-1-2-4-13(10)19-8-12(15)18/h1-8H,18H2,(H,19,20). The van der Waals surface area contributed by atoms with Gasteiger partial charge in [0.2, 0.25) is 0 Å². The molecule has 0 aliphatic heterocycles. The second-order valence-electron chi connectivity index (χ2n) is 4.35. The number of nitrogens with zero attached hydrogens (tertiary/aromatic N) is 1. The molecule has 3 N–H and O–H groups in total. The SMILES string of the molecule is Nc1cnc2ccccc2c1Nc1ccc(Cl)cc1F. The van der Waals surface area contributed by atoms with Crippen LogP contribution in [0, 0.1) is 5.82 Å². The van der Waals surface area contributed by atoms with E-state index >= 15 is 0 Å². The monoisotopic (exact) mass is 287 g/mol. The van der Waals surface area contributed by atoms with Crippen molar-refractivity contribution < 1.29 is 4.39 Å². The molecule has 20 heavy (non-hydrogen) atoms. The van der Waals surface area contributed by atoms with Gasteiger partial charge in [0.25, 0.3) is 0 Å². The summed E-state index contributed by atoms with van der Waals surface area (Å²) in [7, 11) is 0.